The summed E-state index contributed by atoms with van der Waals surface area (Å²) in [6.45, 7) is 5.47. The average Bonchev–Trinajstić information content (AvgIpc) is 2.30. The molecule has 0 saturated heterocycles. The Balaban J connectivity index is 2.86. The van der Waals surface area contributed by atoms with Crippen LogP contribution in [0.4, 0.5) is 5.69 Å². The monoisotopic (exact) mass is 250 g/mol. The van der Waals surface area contributed by atoms with E-state index in [4.69, 9.17) is 10.8 Å². The van der Waals surface area contributed by atoms with Crippen molar-refractivity contribution >= 4 is 17.6 Å². The zero-order chi connectivity index (χ0) is 13.9. The van der Waals surface area contributed by atoms with Crippen molar-refractivity contribution in [1.29, 1.82) is 0 Å². The number of nitrogens with one attached hydrogen (secondary N) is 1. The first kappa shape index (κ1) is 14.2. The van der Waals surface area contributed by atoms with Crippen molar-refractivity contribution in [2.24, 2.45) is 11.7 Å². The molecule has 0 aliphatic rings. The lowest BCUT2D eigenvalue weighted by molar-refractivity contribution is -0.118. The molecule has 0 aliphatic heterocycles. The van der Waals surface area contributed by atoms with Crippen LogP contribution in [0, 0.1) is 12.8 Å². The van der Waals surface area contributed by atoms with Gasteiger partial charge in [-0.15, -0.1) is 0 Å². The van der Waals surface area contributed by atoms with Gasteiger partial charge in [0.1, 0.15) is 0 Å². The average molecular weight is 250 g/mol. The standard InChI is InChI=1S/C13H18N2O3/c1-7(2)11(14)12(16)15-10-5-4-9(13(17)18)6-8(10)3/h4-7,11H,14H2,1-3H3,(H,15,16)(H,17,18)/t11-/m1/s1. The SMILES string of the molecule is Cc1cc(C(=O)O)ccc1NC(=O)[C@H](N)C(C)C. The number of aromatic carboxylic acids is 1. The lowest BCUT2D eigenvalue weighted by Gasteiger charge is -2.16. The van der Waals surface area contributed by atoms with Crippen molar-refractivity contribution in [1.82, 2.24) is 0 Å². The molecule has 0 radical (unpaired) electrons. The number of carbonyl (C=O) groups is 2. The normalized spacial score (nSPS) is 12.3. The molecular formula is C13H18N2O3. The number of benzene rings is 1. The quantitative estimate of drug-likeness (QED) is 0.757. The molecular weight excluding hydrogens is 232 g/mol. The number of anilines is 1. The van der Waals surface area contributed by atoms with Crippen molar-refractivity contribution in [2.45, 2.75) is 26.8 Å². The minimum Gasteiger partial charge on any atom is -0.478 e. The van der Waals surface area contributed by atoms with E-state index in [2.05, 4.69) is 5.32 Å². The van der Waals surface area contributed by atoms with Gasteiger partial charge in [-0.1, -0.05) is 13.8 Å². The van der Waals surface area contributed by atoms with Crippen LogP contribution in [-0.2, 0) is 4.79 Å². The Morgan fingerprint density at radius 1 is 1.33 bits per heavy atom. The van der Waals surface area contributed by atoms with Crippen LogP contribution in [0.5, 0.6) is 0 Å². The molecule has 0 unspecified atom stereocenters. The lowest BCUT2D eigenvalue weighted by Crippen LogP contribution is -2.39. The number of aryl methyl sites for hydroxylation is 1. The molecule has 1 atom stereocenters. The molecule has 1 aromatic rings. The number of carbonyl (C=O) groups excluding carboxylic acids is 1. The summed E-state index contributed by atoms with van der Waals surface area (Å²) in [7, 11) is 0. The van der Waals surface area contributed by atoms with E-state index < -0.39 is 12.0 Å². The molecule has 1 amide bonds. The van der Waals surface area contributed by atoms with Crippen LogP contribution in [0.2, 0.25) is 0 Å². The molecule has 4 N–H and O–H groups in total. The fourth-order valence-electron chi connectivity index (χ4n) is 1.46. The van der Waals surface area contributed by atoms with Gasteiger partial charge >= 0.3 is 5.97 Å². The molecule has 1 aromatic carbocycles. The van der Waals surface area contributed by atoms with Gasteiger partial charge in [0.2, 0.25) is 5.91 Å². The first-order chi connectivity index (χ1) is 8.32. The Labute approximate surface area is 106 Å². The third-order valence-corrected chi connectivity index (χ3v) is 2.75. The summed E-state index contributed by atoms with van der Waals surface area (Å²) in [6.07, 6.45) is 0. The molecule has 18 heavy (non-hydrogen) atoms. The van der Waals surface area contributed by atoms with E-state index in [1.54, 1.807) is 13.0 Å². The van der Waals surface area contributed by atoms with Gasteiger partial charge in [-0.05, 0) is 36.6 Å². The Hall–Kier alpha value is -1.88. The van der Waals surface area contributed by atoms with E-state index in [0.717, 1.165) is 0 Å². The molecule has 0 spiro atoms. The summed E-state index contributed by atoms with van der Waals surface area (Å²) in [4.78, 5) is 22.5. The van der Waals surface area contributed by atoms with Gasteiger partial charge < -0.3 is 16.2 Å². The molecule has 0 heterocycles. The first-order valence-electron chi connectivity index (χ1n) is 5.73. The van der Waals surface area contributed by atoms with E-state index in [9.17, 15) is 9.59 Å². The molecule has 0 aliphatic carbocycles. The highest BCUT2D eigenvalue weighted by atomic mass is 16.4. The maximum Gasteiger partial charge on any atom is 0.335 e. The number of rotatable bonds is 4. The highest BCUT2D eigenvalue weighted by Crippen LogP contribution is 2.17. The fourth-order valence-corrected chi connectivity index (χ4v) is 1.46. The minimum atomic E-state index is -0.991. The van der Waals surface area contributed by atoms with Crippen LogP contribution in [0.3, 0.4) is 0 Å². The first-order valence-corrected chi connectivity index (χ1v) is 5.73. The van der Waals surface area contributed by atoms with E-state index in [-0.39, 0.29) is 17.4 Å². The fraction of sp³-hybridized carbons (Fsp3) is 0.385. The van der Waals surface area contributed by atoms with Gasteiger partial charge in [0.15, 0.2) is 0 Å². The van der Waals surface area contributed by atoms with Crippen molar-refractivity contribution in [3.63, 3.8) is 0 Å². The molecule has 0 fully saturated rings. The van der Waals surface area contributed by atoms with E-state index in [0.29, 0.717) is 11.3 Å². The molecule has 1 rings (SSSR count). The number of carboxylic acids is 1. The van der Waals surface area contributed by atoms with Crippen LogP contribution in [0.15, 0.2) is 18.2 Å². The molecule has 5 nitrogen and oxygen atoms in total. The smallest absolute Gasteiger partial charge is 0.335 e. The van der Waals surface area contributed by atoms with Gasteiger partial charge in [-0.25, -0.2) is 4.79 Å². The third kappa shape index (κ3) is 3.30. The second kappa shape index (κ2) is 5.64. The number of carboxylic acid groups (broad SMARTS) is 1. The van der Waals surface area contributed by atoms with E-state index in [1.165, 1.54) is 12.1 Å². The van der Waals surface area contributed by atoms with Gasteiger partial charge in [-0.3, -0.25) is 4.79 Å². The molecule has 0 aromatic heterocycles. The topological polar surface area (TPSA) is 92.4 Å². The maximum atomic E-state index is 11.8. The van der Waals surface area contributed by atoms with Gasteiger partial charge in [0.25, 0.3) is 0 Å². The molecule has 98 valence electrons. The van der Waals surface area contributed by atoms with Crippen molar-refractivity contribution in [3.8, 4) is 0 Å². The van der Waals surface area contributed by atoms with Crippen LogP contribution >= 0.6 is 0 Å². The van der Waals surface area contributed by atoms with Crippen LogP contribution in [-0.4, -0.2) is 23.0 Å². The summed E-state index contributed by atoms with van der Waals surface area (Å²) in [5.74, 6) is -1.21. The van der Waals surface area contributed by atoms with Crippen molar-refractivity contribution < 1.29 is 14.7 Å². The highest BCUT2D eigenvalue weighted by molar-refractivity contribution is 5.96. The summed E-state index contributed by atoms with van der Waals surface area (Å²) >= 11 is 0. The number of hydrogen-bond donors (Lipinski definition) is 3. The highest BCUT2D eigenvalue weighted by Gasteiger charge is 2.18. The summed E-state index contributed by atoms with van der Waals surface area (Å²) in [5.41, 5.74) is 7.20. The Kier molecular flexibility index (Phi) is 4.44. The van der Waals surface area contributed by atoms with Crippen LogP contribution in [0.1, 0.15) is 29.8 Å². The summed E-state index contributed by atoms with van der Waals surface area (Å²) in [5, 5.41) is 11.5. The van der Waals surface area contributed by atoms with Crippen molar-refractivity contribution in [2.75, 3.05) is 5.32 Å². The summed E-state index contributed by atoms with van der Waals surface area (Å²) in [6, 6.07) is 3.96. The largest absolute Gasteiger partial charge is 0.478 e. The number of hydrogen-bond acceptors (Lipinski definition) is 3. The lowest BCUT2D eigenvalue weighted by atomic mass is 10.0. The Morgan fingerprint density at radius 3 is 2.39 bits per heavy atom. The van der Waals surface area contributed by atoms with Gasteiger partial charge in [0.05, 0.1) is 11.6 Å². The zero-order valence-electron chi connectivity index (χ0n) is 10.7. The second-order valence-corrected chi connectivity index (χ2v) is 4.59. The van der Waals surface area contributed by atoms with Gasteiger partial charge in [-0.2, -0.15) is 0 Å². The maximum absolute atomic E-state index is 11.8. The zero-order valence-corrected chi connectivity index (χ0v) is 10.7. The predicted molar refractivity (Wildman–Crippen MR) is 69.6 cm³/mol. The molecule has 0 bridgehead atoms. The number of nitrogens with two attached hydrogens (primary N) is 1. The van der Waals surface area contributed by atoms with E-state index >= 15 is 0 Å². The third-order valence-electron chi connectivity index (χ3n) is 2.75. The number of amides is 1. The van der Waals surface area contributed by atoms with E-state index in [1.807, 2.05) is 13.8 Å². The predicted octanol–water partition coefficient (Wildman–Crippen LogP) is 1.62. The van der Waals surface area contributed by atoms with Crippen LogP contribution < -0.4 is 11.1 Å². The Bertz CT molecular complexity index is 469. The molecule has 5 heteroatoms. The summed E-state index contributed by atoms with van der Waals surface area (Å²) < 4.78 is 0. The minimum absolute atomic E-state index is 0.0450. The van der Waals surface area contributed by atoms with Crippen molar-refractivity contribution in [3.05, 3.63) is 29.3 Å². The van der Waals surface area contributed by atoms with Gasteiger partial charge in [0, 0.05) is 5.69 Å². The molecule has 0 saturated carbocycles. The second-order valence-electron chi connectivity index (χ2n) is 4.59. The Morgan fingerprint density at radius 2 is 1.94 bits per heavy atom. The van der Waals surface area contributed by atoms with Crippen LogP contribution in [0.25, 0.3) is 0 Å².